The first kappa shape index (κ1) is 12.8. The van der Waals surface area contributed by atoms with Crippen molar-refractivity contribution in [2.45, 2.75) is 36.9 Å². The highest BCUT2D eigenvalue weighted by molar-refractivity contribution is 7.99. The Balaban J connectivity index is 2.27. The zero-order valence-corrected chi connectivity index (χ0v) is 11.5. The predicted molar refractivity (Wildman–Crippen MR) is 70.8 cm³/mol. The van der Waals surface area contributed by atoms with Gasteiger partial charge in [-0.2, -0.15) is 5.10 Å². The summed E-state index contributed by atoms with van der Waals surface area (Å²) in [4.78, 5) is 13.1. The van der Waals surface area contributed by atoms with Gasteiger partial charge in [-0.15, -0.1) is 0 Å². The number of aromatic amines is 1. The van der Waals surface area contributed by atoms with Crippen LogP contribution in [0.1, 0.15) is 32.5 Å². The number of nitrogens with zero attached hydrogens (tertiary/aromatic N) is 4. The topological polar surface area (TPSA) is 79.4 Å². The first-order chi connectivity index (χ1) is 8.69. The summed E-state index contributed by atoms with van der Waals surface area (Å²) in [5.74, 6) is 1.96. The van der Waals surface area contributed by atoms with Crippen molar-refractivity contribution in [2.75, 3.05) is 11.9 Å². The van der Waals surface area contributed by atoms with Crippen LogP contribution in [0.5, 0.6) is 0 Å². The van der Waals surface area contributed by atoms with E-state index in [1.807, 2.05) is 13.0 Å². The van der Waals surface area contributed by atoms with E-state index in [2.05, 4.69) is 44.3 Å². The molecule has 6 nitrogen and oxygen atoms in total. The third-order valence-corrected chi connectivity index (χ3v) is 3.00. The molecule has 0 unspecified atom stereocenters. The van der Waals surface area contributed by atoms with Crippen LogP contribution in [0.2, 0.25) is 0 Å². The minimum absolute atomic E-state index is 0.290. The van der Waals surface area contributed by atoms with Crippen LogP contribution < -0.4 is 5.32 Å². The molecule has 0 bridgehead atoms. The summed E-state index contributed by atoms with van der Waals surface area (Å²) in [5, 5.41) is 11.4. The lowest BCUT2D eigenvalue weighted by molar-refractivity contribution is 0.753. The normalized spacial score (nSPS) is 10.9. The Kier molecular flexibility index (Phi) is 4.14. The molecule has 0 spiro atoms. The van der Waals surface area contributed by atoms with E-state index < -0.39 is 0 Å². The van der Waals surface area contributed by atoms with Gasteiger partial charge in [0.25, 0.3) is 0 Å². The van der Waals surface area contributed by atoms with Crippen LogP contribution in [0.25, 0.3) is 0 Å². The van der Waals surface area contributed by atoms with Gasteiger partial charge in [-0.1, -0.05) is 13.8 Å². The zero-order chi connectivity index (χ0) is 13.0. The van der Waals surface area contributed by atoms with Gasteiger partial charge in [-0.25, -0.2) is 15.0 Å². The third-order valence-electron chi connectivity index (χ3n) is 2.19. The summed E-state index contributed by atoms with van der Waals surface area (Å²) >= 11 is 1.45. The highest BCUT2D eigenvalue weighted by atomic mass is 32.2. The van der Waals surface area contributed by atoms with Crippen LogP contribution in [0.15, 0.2) is 22.6 Å². The largest absolute Gasteiger partial charge is 0.370 e. The molecule has 96 valence electrons. The molecule has 7 heteroatoms. The van der Waals surface area contributed by atoms with Crippen LogP contribution in [0.3, 0.4) is 0 Å². The molecule has 0 saturated carbocycles. The molecule has 2 aromatic heterocycles. The first-order valence-electron chi connectivity index (χ1n) is 5.85. The third kappa shape index (κ3) is 3.19. The number of H-pyrrole nitrogens is 1. The summed E-state index contributed by atoms with van der Waals surface area (Å²) < 4.78 is 0. The standard InChI is InChI=1S/C11H16N6S/c1-4-12-8-5-9(16-10(15-8)7(2)3)18-11-13-6-14-17-11/h5-7H,4H2,1-3H3,(H,12,15,16)(H,13,14,17). The maximum absolute atomic E-state index is 4.51. The van der Waals surface area contributed by atoms with Crippen molar-refractivity contribution in [1.82, 2.24) is 25.1 Å². The number of nitrogens with one attached hydrogen (secondary N) is 2. The molecule has 0 aromatic carbocycles. The van der Waals surface area contributed by atoms with E-state index in [4.69, 9.17) is 0 Å². The molecule has 0 aliphatic rings. The Bertz CT molecular complexity index is 496. The maximum atomic E-state index is 4.51. The van der Waals surface area contributed by atoms with E-state index in [0.717, 1.165) is 28.4 Å². The molecule has 0 atom stereocenters. The van der Waals surface area contributed by atoms with E-state index in [9.17, 15) is 0 Å². The summed E-state index contributed by atoms with van der Waals surface area (Å²) in [5.41, 5.74) is 0. The van der Waals surface area contributed by atoms with Gasteiger partial charge in [0, 0.05) is 18.5 Å². The van der Waals surface area contributed by atoms with Gasteiger partial charge in [0.15, 0.2) is 5.16 Å². The number of aromatic nitrogens is 5. The summed E-state index contributed by atoms with van der Waals surface area (Å²) in [6, 6.07) is 1.92. The minimum atomic E-state index is 0.290. The highest BCUT2D eigenvalue weighted by Gasteiger charge is 2.09. The lowest BCUT2D eigenvalue weighted by Gasteiger charge is -2.09. The SMILES string of the molecule is CCNc1cc(Sc2ncn[nH]2)nc(C(C)C)n1. The van der Waals surface area contributed by atoms with Crippen LogP contribution in [-0.4, -0.2) is 31.7 Å². The number of hydrogen-bond acceptors (Lipinski definition) is 6. The second kappa shape index (κ2) is 5.81. The van der Waals surface area contributed by atoms with Gasteiger partial charge in [0.05, 0.1) is 0 Å². The quantitative estimate of drug-likeness (QED) is 0.807. The van der Waals surface area contributed by atoms with Crippen molar-refractivity contribution in [3.8, 4) is 0 Å². The minimum Gasteiger partial charge on any atom is -0.370 e. The fourth-order valence-corrected chi connectivity index (χ4v) is 2.07. The Labute approximate surface area is 110 Å². The smallest absolute Gasteiger partial charge is 0.189 e. The molecule has 0 aliphatic carbocycles. The van der Waals surface area contributed by atoms with Crippen molar-refractivity contribution >= 4 is 17.6 Å². The number of hydrogen-bond donors (Lipinski definition) is 2. The number of anilines is 1. The van der Waals surface area contributed by atoms with Gasteiger partial charge in [0.2, 0.25) is 0 Å². The molecule has 2 N–H and O–H groups in total. The molecule has 2 rings (SSSR count). The maximum Gasteiger partial charge on any atom is 0.189 e. The molecule has 0 aliphatic heterocycles. The fraction of sp³-hybridized carbons (Fsp3) is 0.455. The second-order valence-electron chi connectivity index (χ2n) is 4.03. The molecule has 18 heavy (non-hydrogen) atoms. The van der Waals surface area contributed by atoms with E-state index in [1.165, 1.54) is 18.1 Å². The molecule has 0 amide bonds. The van der Waals surface area contributed by atoms with E-state index in [0.29, 0.717) is 0 Å². The lowest BCUT2D eigenvalue weighted by atomic mass is 10.2. The summed E-state index contributed by atoms with van der Waals surface area (Å²) in [7, 11) is 0. The first-order valence-corrected chi connectivity index (χ1v) is 6.66. The van der Waals surface area contributed by atoms with Gasteiger partial charge in [-0.3, -0.25) is 5.10 Å². The monoisotopic (exact) mass is 264 g/mol. The highest BCUT2D eigenvalue weighted by Crippen LogP contribution is 2.25. The Hall–Kier alpha value is -1.63. The molecular formula is C11H16N6S. The Morgan fingerprint density at radius 2 is 2.22 bits per heavy atom. The van der Waals surface area contributed by atoms with E-state index in [1.54, 1.807) is 0 Å². The Morgan fingerprint density at radius 3 is 2.83 bits per heavy atom. The van der Waals surface area contributed by atoms with Crippen molar-refractivity contribution < 1.29 is 0 Å². The van der Waals surface area contributed by atoms with Gasteiger partial charge < -0.3 is 5.32 Å². The second-order valence-corrected chi connectivity index (χ2v) is 5.04. The van der Waals surface area contributed by atoms with Gasteiger partial charge in [-0.05, 0) is 18.7 Å². The van der Waals surface area contributed by atoms with Gasteiger partial charge >= 0.3 is 0 Å². The average molecular weight is 264 g/mol. The van der Waals surface area contributed by atoms with Crippen molar-refractivity contribution in [2.24, 2.45) is 0 Å². The van der Waals surface area contributed by atoms with Gasteiger partial charge in [0.1, 0.15) is 23.0 Å². The van der Waals surface area contributed by atoms with Crippen LogP contribution in [-0.2, 0) is 0 Å². The Morgan fingerprint density at radius 1 is 1.39 bits per heavy atom. The average Bonchev–Trinajstić information content (AvgIpc) is 2.82. The van der Waals surface area contributed by atoms with Crippen molar-refractivity contribution in [3.63, 3.8) is 0 Å². The molecule has 0 fully saturated rings. The molecule has 0 radical (unpaired) electrons. The van der Waals surface area contributed by atoms with Crippen LogP contribution in [0, 0.1) is 0 Å². The fourth-order valence-electron chi connectivity index (χ4n) is 1.37. The van der Waals surface area contributed by atoms with E-state index in [-0.39, 0.29) is 5.92 Å². The van der Waals surface area contributed by atoms with Crippen molar-refractivity contribution in [1.29, 1.82) is 0 Å². The van der Waals surface area contributed by atoms with E-state index >= 15 is 0 Å². The van der Waals surface area contributed by atoms with Crippen LogP contribution in [0.4, 0.5) is 5.82 Å². The number of rotatable bonds is 5. The van der Waals surface area contributed by atoms with Crippen LogP contribution >= 0.6 is 11.8 Å². The molecular weight excluding hydrogens is 248 g/mol. The van der Waals surface area contributed by atoms with Crippen molar-refractivity contribution in [3.05, 3.63) is 18.2 Å². The summed E-state index contributed by atoms with van der Waals surface area (Å²) in [6.07, 6.45) is 1.48. The molecule has 0 saturated heterocycles. The molecule has 2 heterocycles. The molecule has 2 aromatic rings. The summed E-state index contributed by atoms with van der Waals surface area (Å²) in [6.45, 7) is 7.03. The predicted octanol–water partition coefficient (Wildman–Crippen LogP) is 2.30. The lowest BCUT2D eigenvalue weighted by Crippen LogP contribution is -2.05. The zero-order valence-electron chi connectivity index (χ0n) is 10.6.